The number of piperidine rings is 1. The highest BCUT2D eigenvalue weighted by atomic mass is 16.6. The van der Waals surface area contributed by atoms with E-state index in [0.717, 1.165) is 32.5 Å². The molecule has 1 rings (SSSR count). The van der Waals surface area contributed by atoms with Crippen molar-refractivity contribution in [2.75, 3.05) is 32.7 Å². The number of hydrogen-bond donors (Lipinski definition) is 3. The summed E-state index contributed by atoms with van der Waals surface area (Å²) in [5, 5.41) is 8.99. The van der Waals surface area contributed by atoms with Gasteiger partial charge in [-0.1, -0.05) is 0 Å². The molecule has 7 nitrogen and oxygen atoms in total. The van der Waals surface area contributed by atoms with Gasteiger partial charge in [0.25, 0.3) is 0 Å². The van der Waals surface area contributed by atoms with Crippen molar-refractivity contribution < 1.29 is 14.3 Å². The second kappa shape index (κ2) is 9.84. The lowest BCUT2D eigenvalue weighted by Gasteiger charge is -2.32. The van der Waals surface area contributed by atoms with Gasteiger partial charge in [0.2, 0.25) is 5.91 Å². The molecule has 1 aliphatic heterocycles. The zero-order valence-electron chi connectivity index (χ0n) is 15.8. The summed E-state index contributed by atoms with van der Waals surface area (Å²) in [6.45, 7) is 13.2. The van der Waals surface area contributed by atoms with Crippen molar-refractivity contribution in [2.45, 2.75) is 65.1 Å². The van der Waals surface area contributed by atoms with Crippen molar-refractivity contribution in [1.82, 2.24) is 20.9 Å². The molecule has 1 fully saturated rings. The van der Waals surface area contributed by atoms with Gasteiger partial charge in [-0.2, -0.15) is 0 Å². The van der Waals surface area contributed by atoms with Gasteiger partial charge in [-0.05, 0) is 60.5 Å². The number of hydrogen-bond acceptors (Lipinski definition) is 5. The SMILES string of the molecule is CC(C)NC(=O)CNC1CCN(CCNC(=O)OC(C)(C)C)CC1. The zero-order valence-corrected chi connectivity index (χ0v) is 15.8. The van der Waals surface area contributed by atoms with Crippen LogP contribution in [0.2, 0.25) is 0 Å². The summed E-state index contributed by atoms with van der Waals surface area (Å²) in [4.78, 5) is 25.5. The predicted molar refractivity (Wildman–Crippen MR) is 95.0 cm³/mol. The zero-order chi connectivity index (χ0) is 18.2. The highest BCUT2D eigenvalue weighted by Gasteiger charge is 2.20. The van der Waals surface area contributed by atoms with E-state index >= 15 is 0 Å². The first-order valence-electron chi connectivity index (χ1n) is 8.87. The van der Waals surface area contributed by atoms with Crippen molar-refractivity contribution in [2.24, 2.45) is 0 Å². The summed E-state index contributed by atoms with van der Waals surface area (Å²) in [6, 6.07) is 0.566. The number of carbonyl (C=O) groups is 2. The second-order valence-corrected chi connectivity index (χ2v) is 7.65. The van der Waals surface area contributed by atoms with E-state index in [1.807, 2.05) is 34.6 Å². The van der Waals surface area contributed by atoms with Crippen LogP contribution >= 0.6 is 0 Å². The minimum absolute atomic E-state index is 0.0500. The van der Waals surface area contributed by atoms with E-state index in [4.69, 9.17) is 4.74 Å². The van der Waals surface area contributed by atoms with E-state index in [1.54, 1.807) is 0 Å². The molecule has 1 saturated heterocycles. The van der Waals surface area contributed by atoms with Crippen molar-refractivity contribution in [1.29, 1.82) is 0 Å². The Morgan fingerprint density at radius 3 is 2.38 bits per heavy atom. The summed E-state index contributed by atoms with van der Waals surface area (Å²) in [7, 11) is 0. The smallest absolute Gasteiger partial charge is 0.407 e. The first kappa shape index (κ1) is 20.7. The standard InChI is InChI=1S/C17H34N4O3/c1-13(2)20-15(22)12-19-14-6-9-21(10-7-14)11-8-18-16(23)24-17(3,4)5/h13-14,19H,6-12H2,1-5H3,(H,18,23)(H,20,22). The molecule has 1 heterocycles. The van der Waals surface area contributed by atoms with Gasteiger partial charge in [0, 0.05) is 25.2 Å². The molecule has 3 N–H and O–H groups in total. The normalized spacial score (nSPS) is 16.9. The lowest BCUT2D eigenvalue weighted by atomic mass is 10.1. The van der Waals surface area contributed by atoms with Crippen molar-refractivity contribution in [3.63, 3.8) is 0 Å². The number of nitrogens with zero attached hydrogens (tertiary/aromatic N) is 1. The average Bonchev–Trinajstić information content (AvgIpc) is 2.44. The van der Waals surface area contributed by atoms with Crippen LogP contribution in [0, 0.1) is 0 Å². The topological polar surface area (TPSA) is 82.7 Å². The van der Waals surface area contributed by atoms with Gasteiger partial charge in [0.15, 0.2) is 0 Å². The molecule has 140 valence electrons. The van der Waals surface area contributed by atoms with Crippen LogP contribution < -0.4 is 16.0 Å². The van der Waals surface area contributed by atoms with Crippen LogP contribution in [-0.2, 0) is 9.53 Å². The van der Waals surface area contributed by atoms with E-state index in [0.29, 0.717) is 19.1 Å². The third-order valence-corrected chi connectivity index (χ3v) is 3.68. The maximum Gasteiger partial charge on any atom is 0.407 e. The number of ether oxygens (including phenoxy) is 1. The molecule has 0 atom stereocenters. The van der Waals surface area contributed by atoms with Crippen LogP contribution in [0.1, 0.15) is 47.5 Å². The van der Waals surface area contributed by atoms with Crippen LogP contribution in [-0.4, -0.2) is 67.3 Å². The third kappa shape index (κ3) is 9.72. The highest BCUT2D eigenvalue weighted by molar-refractivity contribution is 5.78. The second-order valence-electron chi connectivity index (χ2n) is 7.65. The van der Waals surface area contributed by atoms with E-state index in [9.17, 15) is 9.59 Å². The third-order valence-electron chi connectivity index (χ3n) is 3.68. The molecular formula is C17H34N4O3. The number of rotatable bonds is 7. The summed E-state index contributed by atoms with van der Waals surface area (Å²) in [5.41, 5.74) is -0.462. The number of carbonyl (C=O) groups excluding carboxylic acids is 2. The van der Waals surface area contributed by atoms with Crippen LogP contribution in [0.15, 0.2) is 0 Å². The number of alkyl carbamates (subject to hydrolysis) is 1. The molecule has 0 unspecified atom stereocenters. The molecular weight excluding hydrogens is 308 g/mol. The van der Waals surface area contributed by atoms with Gasteiger partial charge in [-0.15, -0.1) is 0 Å². The first-order valence-corrected chi connectivity index (χ1v) is 8.87. The number of nitrogens with one attached hydrogen (secondary N) is 3. The number of amides is 2. The van der Waals surface area contributed by atoms with Crippen LogP contribution in [0.5, 0.6) is 0 Å². The average molecular weight is 342 g/mol. The molecule has 0 spiro atoms. The van der Waals surface area contributed by atoms with E-state index in [1.165, 1.54) is 0 Å². The van der Waals surface area contributed by atoms with E-state index in [2.05, 4.69) is 20.9 Å². The fourth-order valence-electron chi connectivity index (χ4n) is 2.60. The Morgan fingerprint density at radius 1 is 1.21 bits per heavy atom. The lowest BCUT2D eigenvalue weighted by Crippen LogP contribution is -2.47. The molecule has 0 radical (unpaired) electrons. The fraction of sp³-hybridized carbons (Fsp3) is 0.882. The maximum absolute atomic E-state index is 11.6. The molecule has 1 aliphatic rings. The monoisotopic (exact) mass is 342 g/mol. The summed E-state index contributed by atoms with van der Waals surface area (Å²) >= 11 is 0. The van der Waals surface area contributed by atoms with Crippen molar-refractivity contribution in [3.8, 4) is 0 Å². The lowest BCUT2D eigenvalue weighted by molar-refractivity contribution is -0.120. The van der Waals surface area contributed by atoms with Gasteiger partial charge < -0.3 is 25.6 Å². The first-order chi connectivity index (χ1) is 11.2. The summed E-state index contributed by atoms with van der Waals surface area (Å²) < 4.78 is 5.21. The quantitative estimate of drug-likeness (QED) is 0.645. The predicted octanol–water partition coefficient (Wildman–Crippen LogP) is 1.09. The molecule has 2 amide bonds. The summed E-state index contributed by atoms with van der Waals surface area (Å²) in [5.74, 6) is 0.0500. The number of likely N-dealkylation sites (tertiary alicyclic amines) is 1. The molecule has 0 aromatic carbocycles. The Morgan fingerprint density at radius 2 is 1.83 bits per heavy atom. The molecule has 0 aromatic rings. The Kier molecular flexibility index (Phi) is 8.48. The van der Waals surface area contributed by atoms with Gasteiger partial charge in [0.1, 0.15) is 5.60 Å². The van der Waals surface area contributed by atoms with E-state index in [-0.39, 0.29) is 18.0 Å². The molecule has 0 aliphatic carbocycles. The summed E-state index contributed by atoms with van der Waals surface area (Å²) in [6.07, 6.45) is 1.67. The van der Waals surface area contributed by atoms with Crippen LogP contribution in [0.25, 0.3) is 0 Å². The van der Waals surface area contributed by atoms with Gasteiger partial charge in [-0.25, -0.2) is 4.79 Å². The Bertz CT molecular complexity index is 399. The highest BCUT2D eigenvalue weighted by Crippen LogP contribution is 2.10. The molecule has 24 heavy (non-hydrogen) atoms. The van der Waals surface area contributed by atoms with Gasteiger partial charge in [-0.3, -0.25) is 4.79 Å². The van der Waals surface area contributed by atoms with Crippen LogP contribution in [0.4, 0.5) is 4.79 Å². The van der Waals surface area contributed by atoms with Gasteiger partial charge in [0.05, 0.1) is 6.54 Å². The molecule has 7 heteroatoms. The minimum Gasteiger partial charge on any atom is -0.444 e. The maximum atomic E-state index is 11.6. The molecule has 0 bridgehead atoms. The fourth-order valence-corrected chi connectivity index (χ4v) is 2.60. The van der Waals surface area contributed by atoms with Gasteiger partial charge >= 0.3 is 6.09 Å². The Balaban J connectivity index is 2.11. The molecule has 0 aromatic heterocycles. The Hall–Kier alpha value is -1.34. The van der Waals surface area contributed by atoms with Crippen molar-refractivity contribution >= 4 is 12.0 Å². The Labute approximate surface area is 145 Å². The molecule has 0 saturated carbocycles. The largest absolute Gasteiger partial charge is 0.444 e. The van der Waals surface area contributed by atoms with E-state index < -0.39 is 5.60 Å². The minimum atomic E-state index is -0.462. The van der Waals surface area contributed by atoms with Crippen LogP contribution in [0.3, 0.4) is 0 Å². The van der Waals surface area contributed by atoms with Crippen molar-refractivity contribution in [3.05, 3.63) is 0 Å².